The topological polar surface area (TPSA) is 55.6 Å². The summed E-state index contributed by atoms with van der Waals surface area (Å²) < 4.78 is 49.4. The second-order valence-corrected chi connectivity index (χ2v) is 6.65. The minimum atomic E-state index is -4.32. The Morgan fingerprint density at radius 1 is 1.11 bits per heavy atom. The van der Waals surface area contributed by atoms with E-state index in [4.69, 9.17) is 9.15 Å². The second kappa shape index (κ2) is 7.18. The first-order valence-electron chi connectivity index (χ1n) is 8.87. The van der Waals surface area contributed by atoms with Gasteiger partial charge in [-0.1, -0.05) is 0 Å². The lowest BCUT2D eigenvalue weighted by molar-refractivity contribution is -0.137. The Kier molecular flexibility index (Phi) is 4.70. The van der Waals surface area contributed by atoms with Crippen LogP contribution in [0.2, 0.25) is 0 Å². The number of aldehydes is 1. The Labute approximate surface area is 158 Å². The van der Waals surface area contributed by atoms with Gasteiger partial charge in [0.05, 0.1) is 5.56 Å². The van der Waals surface area contributed by atoms with Crippen molar-refractivity contribution in [2.45, 2.75) is 25.1 Å². The molecule has 0 unspecified atom stereocenters. The SMILES string of the molecule is O=Cc1nc2ccc(OC3CCN(c4ccc(C(F)(F)F)cc4)CC3)cc2o1. The molecule has 5 nitrogen and oxygen atoms in total. The third kappa shape index (κ3) is 3.81. The first-order chi connectivity index (χ1) is 13.4. The Morgan fingerprint density at radius 3 is 2.46 bits per heavy atom. The number of oxazole rings is 1. The van der Waals surface area contributed by atoms with Gasteiger partial charge in [0.25, 0.3) is 5.89 Å². The lowest BCUT2D eigenvalue weighted by Crippen LogP contribution is -2.38. The van der Waals surface area contributed by atoms with E-state index in [1.165, 1.54) is 12.1 Å². The van der Waals surface area contributed by atoms with Gasteiger partial charge in [0.1, 0.15) is 17.4 Å². The molecule has 1 aromatic heterocycles. The number of halogens is 3. The van der Waals surface area contributed by atoms with Gasteiger partial charge in [0, 0.05) is 37.7 Å². The average Bonchev–Trinajstić information content (AvgIpc) is 3.10. The summed E-state index contributed by atoms with van der Waals surface area (Å²) >= 11 is 0. The van der Waals surface area contributed by atoms with E-state index in [2.05, 4.69) is 9.88 Å². The quantitative estimate of drug-likeness (QED) is 0.604. The number of hydrogen-bond donors (Lipinski definition) is 0. The zero-order chi connectivity index (χ0) is 19.7. The van der Waals surface area contributed by atoms with Gasteiger partial charge in [-0.25, -0.2) is 4.98 Å². The van der Waals surface area contributed by atoms with Crippen LogP contribution in [0.15, 0.2) is 46.9 Å². The monoisotopic (exact) mass is 390 g/mol. The normalized spacial score (nSPS) is 15.8. The van der Waals surface area contributed by atoms with Crippen molar-refractivity contribution in [1.82, 2.24) is 4.98 Å². The van der Waals surface area contributed by atoms with Crippen LogP contribution >= 0.6 is 0 Å². The molecule has 0 atom stereocenters. The lowest BCUT2D eigenvalue weighted by atomic mass is 10.1. The van der Waals surface area contributed by atoms with Gasteiger partial charge in [0.15, 0.2) is 5.58 Å². The van der Waals surface area contributed by atoms with Crippen LogP contribution in [-0.2, 0) is 6.18 Å². The van der Waals surface area contributed by atoms with Crippen LogP contribution in [0.1, 0.15) is 29.1 Å². The number of alkyl halides is 3. The van der Waals surface area contributed by atoms with Gasteiger partial charge in [0.2, 0.25) is 6.29 Å². The van der Waals surface area contributed by atoms with Gasteiger partial charge >= 0.3 is 6.18 Å². The highest BCUT2D eigenvalue weighted by molar-refractivity contribution is 5.79. The molecule has 0 radical (unpaired) electrons. The fourth-order valence-corrected chi connectivity index (χ4v) is 3.33. The van der Waals surface area contributed by atoms with Crippen molar-refractivity contribution in [2.75, 3.05) is 18.0 Å². The molecule has 0 spiro atoms. The van der Waals surface area contributed by atoms with Crippen LogP contribution in [0.4, 0.5) is 18.9 Å². The number of benzene rings is 2. The van der Waals surface area contributed by atoms with Crippen LogP contribution in [0.3, 0.4) is 0 Å². The minimum absolute atomic E-state index is 0.00314. The maximum absolute atomic E-state index is 12.7. The van der Waals surface area contributed by atoms with Gasteiger partial charge in [-0.05, 0) is 36.4 Å². The number of hydrogen-bond acceptors (Lipinski definition) is 5. The smallest absolute Gasteiger partial charge is 0.416 e. The van der Waals surface area contributed by atoms with Crippen LogP contribution in [0.25, 0.3) is 11.1 Å². The molecule has 0 bridgehead atoms. The van der Waals surface area contributed by atoms with Crippen molar-refractivity contribution in [3.05, 3.63) is 53.9 Å². The molecule has 2 aromatic carbocycles. The first kappa shape index (κ1) is 18.3. The van der Waals surface area contributed by atoms with Crippen molar-refractivity contribution >= 4 is 23.1 Å². The molecule has 28 heavy (non-hydrogen) atoms. The van der Waals surface area contributed by atoms with Crippen LogP contribution in [0.5, 0.6) is 5.75 Å². The predicted molar refractivity (Wildman–Crippen MR) is 96.7 cm³/mol. The Bertz CT molecular complexity index is 975. The van der Waals surface area contributed by atoms with Gasteiger partial charge in [-0.3, -0.25) is 4.79 Å². The zero-order valence-electron chi connectivity index (χ0n) is 14.8. The third-order valence-corrected chi connectivity index (χ3v) is 4.78. The largest absolute Gasteiger partial charge is 0.490 e. The molecule has 0 N–H and O–H groups in total. The van der Waals surface area contributed by atoms with Gasteiger partial charge in [-0.2, -0.15) is 13.2 Å². The summed E-state index contributed by atoms with van der Waals surface area (Å²) in [5.41, 5.74) is 1.21. The summed E-state index contributed by atoms with van der Waals surface area (Å²) in [6, 6.07) is 10.5. The first-order valence-corrected chi connectivity index (χ1v) is 8.87. The molecular weight excluding hydrogens is 373 g/mol. The molecule has 0 saturated carbocycles. The van der Waals surface area contributed by atoms with Gasteiger partial charge < -0.3 is 14.1 Å². The number of carbonyl (C=O) groups is 1. The highest BCUT2D eigenvalue weighted by Crippen LogP contribution is 2.31. The molecule has 146 valence electrons. The summed E-state index contributed by atoms with van der Waals surface area (Å²) in [6.07, 6.45) is -2.28. The molecule has 4 rings (SSSR count). The summed E-state index contributed by atoms with van der Waals surface area (Å²) in [6.45, 7) is 1.38. The summed E-state index contributed by atoms with van der Waals surface area (Å²) in [4.78, 5) is 16.8. The van der Waals surface area contributed by atoms with Crippen LogP contribution in [0, 0.1) is 0 Å². The molecule has 1 aliphatic rings. The number of nitrogens with zero attached hydrogens (tertiary/aromatic N) is 2. The summed E-state index contributed by atoms with van der Waals surface area (Å²) in [7, 11) is 0. The molecule has 0 amide bonds. The Balaban J connectivity index is 1.37. The number of fused-ring (bicyclic) bond motifs is 1. The molecule has 1 aliphatic heterocycles. The van der Waals surface area contributed by atoms with E-state index in [1.54, 1.807) is 18.2 Å². The van der Waals surface area contributed by atoms with E-state index >= 15 is 0 Å². The maximum atomic E-state index is 12.7. The molecule has 0 aliphatic carbocycles. The Morgan fingerprint density at radius 2 is 1.82 bits per heavy atom. The van der Waals surface area contributed by atoms with Crippen molar-refractivity contribution in [1.29, 1.82) is 0 Å². The van der Waals surface area contributed by atoms with Crippen molar-refractivity contribution < 1.29 is 27.1 Å². The second-order valence-electron chi connectivity index (χ2n) is 6.65. The van der Waals surface area contributed by atoms with Crippen LogP contribution in [-0.4, -0.2) is 30.5 Å². The number of ether oxygens (including phenoxy) is 1. The molecule has 3 aromatic rings. The molecule has 1 fully saturated rings. The van der Waals surface area contributed by atoms with E-state index in [9.17, 15) is 18.0 Å². The van der Waals surface area contributed by atoms with E-state index < -0.39 is 11.7 Å². The van der Waals surface area contributed by atoms with E-state index in [-0.39, 0.29) is 12.0 Å². The minimum Gasteiger partial charge on any atom is -0.490 e. The van der Waals surface area contributed by atoms with E-state index in [1.807, 2.05) is 0 Å². The fraction of sp³-hybridized carbons (Fsp3) is 0.300. The predicted octanol–water partition coefficient (Wildman–Crippen LogP) is 4.71. The number of aromatic nitrogens is 1. The van der Waals surface area contributed by atoms with Crippen LogP contribution < -0.4 is 9.64 Å². The molecule has 2 heterocycles. The summed E-state index contributed by atoms with van der Waals surface area (Å²) in [5.74, 6) is 0.658. The van der Waals surface area contributed by atoms with Gasteiger partial charge in [-0.15, -0.1) is 0 Å². The molecule has 1 saturated heterocycles. The fourth-order valence-electron chi connectivity index (χ4n) is 3.33. The number of piperidine rings is 1. The number of anilines is 1. The van der Waals surface area contributed by atoms with E-state index in [0.717, 1.165) is 30.7 Å². The Hall–Kier alpha value is -3.03. The maximum Gasteiger partial charge on any atom is 0.416 e. The standard InChI is InChI=1S/C20H17F3N2O3/c21-20(22,23)13-1-3-14(4-2-13)25-9-7-15(8-10-25)27-16-5-6-17-18(11-16)28-19(12-26)24-17/h1-6,11-12,15H,7-10H2. The molecular formula is C20H17F3N2O3. The molecule has 8 heteroatoms. The van der Waals surface area contributed by atoms with Crippen molar-refractivity contribution in [3.63, 3.8) is 0 Å². The number of rotatable bonds is 4. The summed E-state index contributed by atoms with van der Waals surface area (Å²) in [5, 5.41) is 0. The average molecular weight is 390 g/mol. The highest BCUT2D eigenvalue weighted by atomic mass is 19.4. The third-order valence-electron chi connectivity index (χ3n) is 4.78. The highest BCUT2D eigenvalue weighted by Gasteiger charge is 2.30. The van der Waals surface area contributed by atoms with E-state index in [0.29, 0.717) is 36.2 Å². The zero-order valence-corrected chi connectivity index (χ0v) is 14.8. The number of carbonyl (C=O) groups excluding carboxylic acids is 1. The van der Waals surface area contributed by atoms with Crippen molar-refractivity contribution in [3.8, 4) is 5.75 Å². The lowest BCUT2D eigenvalue weighted by Gasteiger charge is -2.33. The van der Waals surface area contributed by atoms with Crippen molar-refractivity contribution in [2.24, 2.45) is 0 Å².